The van der Waals surface area contributed by atoms with E-state index in [0.29, 0.717) is 5.54 Å². The second-order valence-electron chi connectivity index (χ2n) is 6.61. The summed E-state index contributed by atoms with van der Waals surface area (Å²) in [5.41, 5.74) is 0.406. The first-order valence-electron chi connectivity index (χ1n) is 7.83. The molecule has 2 saturated heterocycles. The molecule has 3 nitrogen and oxygen atoms in total. The van der Waals surface area contributed by atoms with Gasteiger partial charge in [-0.15, -0.1) is 0 Å². The Morgan fingerprint density at radius 2 is 1.89 bits per heavy atom. The fraction of sp³-hybridized carbons (Fsp3) is 1.00. The van der Waals surface area contributed by atoms with Crippen LogP contribution in [0.15, 0.2) is 0 Å². The smallest absolute Gasteiger partial charge is 0.0241 e. The van der Waals surface area contributed by atoms with Crippen LogP contribution >= 0.6 is 0 Å². The Morgan fingerprint density at radius 1 is 1.17 bits per heavy atom. The Kier molecular flexibility index (Phi) is 5.05. The molecule has 0 saturated carbocycles. The highest BCUT2D eigenvalue weighted by Crippen LogP contribution is 2.31. The van der Waals surface area contributed by atoms with Crippen LogP contribution in [-0.4, -0.2) is 60.6 Å². The molecular weight excluding hydrogens is 222 g/mol. The maximum atomic E-state index is 3.46. The van der Waals surface area contributed by atoms with E-state index in [1.165, 1.54) is 65.0 Å². The van der Waals surface area contributed by atoms with Crippen molar-refractivity contribution in [1.29, 1.82) is 0 Å². The lowest BCUT2D eigenvalue weighted by Crippen LogP contribution is -2.49. The standard InChI is InChI=1S/C15H31N3/c1-4-5-6-9-18-13-14(12-15(18,2)3)17-10-7-16-8-11-17/h14,16H,4-13H2,1-3H3. The predicted molar refractivity (Wildman–Crippen MR) is 78.0 cm³/mol. The molecule has 0 radical (unpaired) electrons. The summed E-state index contributed by atoms with van der Waals surface area (Å²) in [7, 11) is 0. The van der Waals surface area contributed by atoms with Gasteiger partial charge in [-0.1, -0.05) is 19.8 Å². The second kappa shape index (κ2) is 6.36. The van der Waals surface area contributed by atoms with Gasteiger partial charge in [0.2, 0.25) is 0 Å². The average Bonchev–Trinajstić information content (AvgIpc) is 2.67. The minimum absolute atomic E-state index is 0.406. The highest BCUT2D eigenvalue weighted by molar-refractivity contribution is 4.97. The Morgan fingerprint density at radius 3 is 2.56 bits per heavy atom. The number of hydrogen-bond donors (Lipinski definition) is 1. The lowest BCUT2D eigenvalue weighted by atomic mass is 9.99. The van der Waals surface area contributed by atoms with E-state index in [1.54, 1.807) is 0 Å². The lowest BCUT2D eigenvalue weighted by Gasteiger charge is -2.32. The van der Waals surface area contributed by atoms with Gasteiger partial charge in [0, 0.05) is 44.3 Å². The zero-order chi connectivity index (χ0) is 13.0. The van der Waals surface area contributed by atoms with Crippen LogP contribution in [0.1, 0.15) is 46.5 Å². The van der Waals surface area contributed by atoms with Crippen LogP contribution in [0.25, 0.3) is 0 Å². The molecular formula is C15H31N3. The van der Waals surface area contributed by atoms with E-state index in [-0.39, 0.29) is 0 Å². The summed E-state index contributed by atoms with van der Waals surface area (Å²) in [6.45, 7) is 14.6. The number of rotatable bonds is 5. The monoisotopic (exact) mass is 253 g/mol. The first kappa shape index (κ1) is 14.3. The zero-order valence-corrected chi connectivity index (χ0v) is 12.5. The quantitative estimate of drug-likeness (QED) is 0.755. The van der Waals surface area contributed by atoms with E-state index in [2.05, 4.69) is 35.9 Å². The van der Waals surface area contributed by atoms with E-state index in [4.69, 9.17) is 0 Å². The molecule has 0 bridgehead atoms. The SMILES string of the molecule is CCCCCN1CC(N2CCNCC2)CC1(C)C. The summed E-state index contributed by atoms with van der Waals surface area (Å²) < 4.78 is 0. The third kappa shape index (κ3) is 3.46. The van der Waals surface area contributed by atoms with Crippen molar-refractivity contribution in [3.63, 3.8) is 0 Å². The fourth-order valence-corrected chi connectivity index (χ4v) is 3.51. The van der Waals surface area contributed by atoms with Crippen molar-refractivity contribution in [2.45, 2.75) is 58.0 Å². The molecule has 1 N–H and O–H groups in total. The Labute approximate surface area is 113 Å². The molecule has 0 amide bonds. The summed E-state index contributed by atoms with van der Waals surface area (Å²) in [6, 6.07) is 0.795. The van der Waals surface area contributed by atoms with E-state index in [9.17, 15) is 0 Å². The molecule has 1 atom stereocenters. The van der Waals surface area contributed by atoms with Crippen LogP contribution in [-0.2, 0) is 0 Å². The number of nitrogens with one attached hydrogen (secondary N) is 1. The van der Waals surface area contributed by atoms with Crippen molar-refractivity contribution in [3.05, 3.63) is 0 Å². The molecule has 106 valence electrons. The van der Waals surface area contributed by atoms with Gasteiger partial charge in [-0.25, -0.2) is 0 Å². The Hall–Kier alpha value is -0.120. The summed E-state index contributed by atoms with van der Waals surface area (Å²) in [5, 5.41) is 3.46. The number of likely N-dealkylation sites (tertiary alicyclic amines) is 1. The maximum Gasteiger partial charge on any atom is 0.0241 e. The van der Waals surface area contributed by atoms with Crippen LogP contribution in [0.5, 0.6) is 0 Å². The molecule has 0 aromatic heterocycles. The number of hydrogen-bond acceptors (Lipinski definition) is 3. The minimum atomic E-state index is 0.406. The Bertz CT molecular complexity index is 246. The lowest BCUT2D eigenvalue weighted by molar-refractivity contribution is 0.161. The molecule has 2 aliphatic rings. The summed E-state index contributed by atoms with van der Waals surface area (Å²) in [4.78, 5) is 5.44. The van der Waals surface area contributed by atoms with Crippen LogP contribution in [0.3, 0.4) is 0 Å². The van der Waals surface area contributed by atoms with Gasteiger partial charge in [0.05, 0.1) is 0 Å². The first-order chi connectivity index (χ1) is 8.63. The first-order valence-corrected chi connectivity index (χ1v) is 7.83. The third-order valence-corrected chi connectivity index (χ3v) is 4.72. The maximum absolute atomic E-state index is 3.46. The number of nitrogens with zero attached hydrogens (tertiary/aromatic N) is 2. The number of piperazine rings is 1. The van der Waals surface area contributed by atoms with Crippen molar-refractivity contribution in [2.24, 2.45) is 0 Å². The molecule has 0 aliphatic carbocycles. The van der Waals surface area contributed by atoms with E-state index < -0.39 is 0 Å². The third-order valence-electron chi connectivity index (χ3n) is 4.72. The van der Waals surface area contributed by atoms with E-state index in [1.807, 2.05) is 0 Å². The highest BCUT2D eigenvalue weighted by atomic mass is 15.3. The molecule has 2 rings (SSSR count). The van der Waals surface area contributed by atoms with Crippen LogP contribution in [0.4, 0.5) is 0 Å². The van der Waals surface area contributed by atoms with E-state index >= 15 is 0 Å². The van der Waals surface area contributed by atoms with Gasteiger partial charge in [-0.3, -0.25) is 9.80 Å². The second-order valence-corrected chi connectivity index (χ2v) is 6.61. The van der Waals surface area contributed by atoms with Crippen LogP contribution in [0, 0.1) is 0 Å². The molecule has 2 heterocycles. The predicted octanol–water partition coefficient (Wildman–Crippen LogP) is 1.93. The van der Waals surface area contributed by atoms with Gasteiger partial charge in [-0.2, -0.15) is 0 Å². The largest absolute Gasteiger partial charge is 0.314 e. The van der Waals surface area contributed by atoms with Crippen molar-refractivity contribution in [2.75, 3.05) is 39.3 Å². The molecule has 18 heavy (non-hydrogen) atoms. The van der Waals surface area contributed by atoms with Gasteiger partial charge in [0.25, 0.3) is 0 Å². The van der Waals surface area contributed by atoms with E-state index in [0.717, 1.165) is 6.04 Å². The molecule has 0 spiro atoms. The summed E-state index contributed by atoms with van der Waals surface area (Å²) in [6.07, 6.45) is 5.42. The number of unbranched alkanes of at least 4 members (excludes halogenated alkanes) is 2. The topological polar surface area (TPSA) is 18.5 Å². The normalized spacial score (nSPS) is 29.8. The van der Waals surface area contributed by atoms with Gasteiger partial charge >= 0.3 is 0 Å². The summed E-state index contributed by atoms with van der Waals surface area (Å²) >= 11 is 0. The minimum Gasteiger partial charge on any atom is -0.314 e. The van der Waals surface area contributed by atoms with Crippen molar-refractivity contribution < 1.29 is 0 Å². The van der Waals surface area contributed by atoms with Gasteiger partial charge in [0.1, 0.15) is 0 Å². The molecule has 2 aliphatic heterocycles. The van der Waals surface area contributed by atoms with Gasteiger partial charge in [0.15, 0.2) is 0 Å². The van der Waals surface area contributed by atoms with Gasteiger partial charge in [-0.05, 0) is 33.2 Å². The Balaban J connectivity index is 1.85. The zero-order valence-electron chi connectivity index (χ0n) is 12.5. The molecule has 0 aromatic rings. The van der Waals surface area contributed by atoms with Crippen molar-refractivity contribution in [3.8, 4) is 0 Å². The van der Waals surface area contributed by atoms with Crippen molar-refractivity contribution >= 4 is 0 Å². The fourth-order valence-electron chi connectivity index (χ4n) is 3.51. The van der Waals surface area contributed by atoms with Crippen LogP contribution < -0.4 is 5.32 Å². The van der Waals surface area contributed by atoms with Crippen LogP contribution in [0.2, 0.25) is 0 Å². The highest BCUT2D eigenvalue weighted by Gasteiger charge is 2.40. The molecule has 1 unspecified atom stereocenters. The summed E-state index contributed by atoms with van der Waals surface area (Å²) in [5.74, 6) is 0. The average molecular weight is 253 g/mol. The van der Waals surface area contributed by atoms with Gasteiger partial charge < -0.3 is 5.32 Å². The molecule has 3 heteroatoms. The molecule has 0 aromatic carbocycles. The molecule has 2 fully saturated rings. The van der Waals surface area contributed by atoms with Crippen molar-refractivity contribution in [1.82, 2.24) is 15.1 Å².